The normalized spacial score (nSPS) is 11.8. The number of hydrogen-bond donors (Lipinski definition) is 1. The van der Waals surface area contributed by atoms with Crippen molar-refractivity contribution in [2.24, 2.45) is 5.73 Å². The molecule has 0 unspecified atom stereocenters. The van der Waals surface area contributed by atoms with Crippen LogP contribution in [-0.4, -0.2) is 12.3 Å². The van der Waals surface area contributed by atoms with Crippen molar-refractivity contribution in [3.63, 3.8) is 0 Å². The lowest BCUT2D eigenvalue weighted by atomic mass is 10.1. The van der Waals surface area contributed by atoms with E-state index in [-0.39, 0.29) is 0 Å². The van der Waals surface area contributed by atoms with E-state index >= 15 is 0 Å². The van der Waals surface area contributed by atoms with Crippen LogP contribution < -0.4 is 10.5 Å². The predicted molar refractivity (Wildman–Crippen MR) is 74.6 cm³/mol. The standard InChI is InChI=1S/C16H16NO2/c17-15(11-18)10-13-6-8-16(9-7-13)19-12-14-4-2-1-3-5-14/h1-9,15H,10,12,17H2/t15-/m0/s1. The van der Waals surface area contributed by atoms with Gasteiger partial charge in [0.25, 0.3) is 0 Å². The molecule has 0 saturated heterocycles. The summed E-state index contributed by atoms with van der Waals surface area (Å²) in [5, 5.41) is 0. The average molecular weight is 254 g/mol. The highest BCUT2D eigenvalue weighted by Gasteiger charge is 2.03. The first-order valence-electron chi connectivity index (χ1n) is 6.17. The SMILES string of the molecule is N[C@H]([C]=O)Cc1ccc(OCc2ccccc2)cc1. The highest BCUT2D eigenvalue weighted by molar-refractivity contribution is 5.58. The molecular weight excluding hydrogens is 238 g/mol. The van der Waals surface area contributed by atoms with Crippen LogP contribution in [0.2, 0.25) is 0 Å². The molecule has 0 fully saturated rings. The second-order valence-electron chi connectivity index (χ2n) is 4.35. The Kier molecular flexibility index (Phi) is 4.70. The second-order valence-corrected chi connectivity index (χ2v) is 4.35. The van der Waals surface area contributed by atoms with E-state index in [1.54, 1.807) is 6.29 Å². The van der Waals surface area contributed by atoms with Gasteiger partial charge in [-0.3, -0.25) is 4.79 Å². The number of benzene rings is 2. The lowest BCUT2D eigenvalue weighted by molar-refractivity contribution is 0.306. The Balaban J connectivity index is 1.90. The summed E-state index contributed by atoms with van der Waals surface area (Å²) in [6, 6.07) is 17.0. The molecule has 0 spiro atoms. The van der Waals surface area contributed by atoms with E-state index in [1.807, 2.05) is 54.6 Å². The van der Waals surface area contributed by atoms with Gasteiger partial charge in [-0.15, -0.1) is 0 Å². The molecule has 2 N–H and O–H groups in total. The summed E-state index contributed by atoms with van der Waals surface area (Å²) in [5.41, 5.74) is 7.65. The molecule has 19 heavy (non-hydrogen) atoms. The molecule has 3 nitrogen and oxygen atoms in total. The summed E-state index contributed by atoms with van der Waals surface area (Å²) < 4.78 is 5.67. The summed E-state index contributed by atoms with van der Waals surface area (Å²) in [5.74, 6) is 0.802. The van der Waals surface area contributed by atoms with Crippen LogP contribution in [0.4, 0.5) is 0 Å². The van der Waals surface area contributed by atoms with Gasteiger partial charge in [-0.2, -0.15) is 0 Å². The van der Waals surface area contributed by atoms with Gasteiger partial charge in [0.05, 0.1) is 6.04 Å². The zero-order valence-electron chi connectivity index (χ0n) is 10.6. The Morgan fingerprint density at radius 2 is 1.68 bits per heavy atom. The third-order valence-corrected chi connectivity index (χ3v) is 2.78. The molecule has 0 aliphatic carbocycles. The van der Waals surface area contributed by atoms with Crippen LogP contribution in [-0.2, 0) is 17.8 Å². The molecule has 0 aliphatic heterocycles. The summed E-state index contributed by atoms with van der Waals surface area (Å²) in [6.45, 7) is 0.543. The fourth-order valence-corrected chi connectivity index (χ4v) is 1.76. The Morgan fingerprint density at radius 1 is 1.00 bits per heavy atom. The van der Waals surface area contributed by atoms with Crippen molar-refractivity contribution in [2.45, 2.75) is 19.1 Å². The molecule has 2 rings (SSSR count). The number of ether oxygens (including phenoxy) is 1. The zero-order valence-corrected chi connectivity index (χ0v) is 10.6. The Bertz CT molecular complexity index is 508. The Labute approximate surface area is 113 Å². The number of nitrogens with two attached hydrogens (primary N) is 1. The van der Waals surface area contributed by atoms with Gasteiger partial charge in [0.1, 0.15) is 12.4 Å². The maximum Gasteiger partial charge on any atom is 0.217 e. The second kappa shape index (κ2) is 6.71. The molecule has 2 aromatic rings. The molecule has 2 aromatic carbocycles. The van der Waals surface area contributed by atoms with Gasteiger partial charge < -0.3 is 10.5 Å². The van der Waals surface area contributed by atoms with Crippen molar-refractivity contribution >= 4 is 6.29 Å². The van der Waals surface area contributed by atoms with Gasteiger partial charge in [-0.25, -0.2) is 0 Å². The van der Waals surface area contributed by atoms with E-state index in [0.29, 0.717) is 13.0 Å². The van der Waals surface area contributed by atoms with Gasteiger partial charge in [0, 0.05) is 0 Å². The van der Waals surface area contributed by atoms with Crippen LogP contribution in [0.25, 0.3) is 0 Å². The van der Waals surface area contributed by atoms with E-state index in [2.05, 4.69) is 0 Å². The van der Waals surface area contributed by atoms with Gasteiger partial charge in [0.15, 0.2) is 0 Å². The lowest BCUT2D eigenvalue weighted by Crippen LogP contribution is -2.23. The Hall–Kier alpha value is -2.13. The molecule has 0 aromatic heterocycles. The number of carbonyl (C=O) groups excluding carboxylic acids is 1. The largest absolute Gasteiger partial charge is 0.489 e. The van der Waals surface area contributed by atoms with Crippen molar-refractivity contribution < 1.29 is 9.53 Å². The molecule has 0 aliphatic rings. The van der Waals surface area contributed by atoms with Crippen LogP contribution in [0.1, 0.15) is 11.1 Å². The van der Waals surface area contributed by atoms with Crippen molar-refractivity contribution in [2.75, 3.05) is 0 Å². The molecule has 0 saturated carbocycles. The minimum Gasteiger partial charge on any atom is -0.489 e. The van der Waals surface area contributed by atoms with Crippen molar-refractivity contribution in [1.82, 2.24) is 0 Å². The van der Waals surface area contributed by atoms with E-state index in [9.17, 15) is 4.79 Å². The first-order valence-corrected chi connectivity index (χ1v) is 6.17. The predicted octanol–water partition coefficient (Wildman–Crippen LogP) is 2.25. The highest BCUT2D eigenvalue weighted by atomic mass is 16.5. The first kappa shape index (κ1) is 13.3. The molecule has 1 atom stereocenters. The molecule has 97 valence electrons. The van der Waals surface area contributed by atoms with Crippen molar-refractivity contribution in [1.29, 1.82) is 0 Å². The van der Waals surface area contributed by atoms with E-state index < -0.39 is 6.04 Å². The average Bonchev–Trinajstić information content (AvgIpc) is 2.47. The molecule has 3 heteroatoms. The monoisotopic (exact) mass is 254 g/mol. The maximum absolute atomic E-state index is 10.4. The minimum absolute atomic E-state index is 0.502. The van der Waals surface area contributed by atoms with Crippen LogP contribution in [0.3, 0.4) is 0 Å². The van der Waals surface area contributed by atoms with E-state index in [1.165, 1.54) is 0 Å². The minimum atomic E-state index is -0.559. The molecular formula is C16H16NO2. The van der Waals surface area contributed by atoms with Crippen molar-refractivity contribution in [3.05, 3.63) is 65.7 Å². The van der Waals surface area contributed by atoms with Crippen molar-refractivity contribution in [3.8, 4) is 5.75 Å². The fraction of sp³-hybridized carbons (Fsp3) is 0.188. The van der Waals surface area contributed by atoms with E-state index in [0.717, 1.165) is 16.9 Å². The van der Waals surface area contributed by atoms with Crippen LogP contribution in [0, 0.1) is 0 Å². The van der Waals surface area contributed by atoms with E-state index in [4.69, 9.17) is 10.5 Å². The zero-order chi connectivity index (χ0) is 13.5. The topological polar surface area (TPSA) is 52.3 Å². The maximum atomic E-state index is 10.4. The highest BCUT2D eigenvalue weighted by Crippen LogP contribution is 2.14. The molecule has 0 amide bonds. The van der Waals surface area contributed by atoms with Crippen LogP contribution in [0.5, 0.6) is 5.75 Å². The fourth-order valence-electron chi connectivity index (χ4n) is 1.76. The van der Waals surface area contributed by atoms with Crippen LogP contribution >= 0.6 is 0 Å². The Morgan fingerprint density at radius 3 is 2.32 bits per heavy atom. The van der Waals surface area contributed by atoms with Gasteiger partial charge >= 0.3 is 0 Å². The van der Waals surface area contributed by atoms with Gasteiger partial charge in [0.2, 0.25) is 6.29 Å². The van der Waals surface area contributed by atoms with Crippen LogP contribution in [0.15, 0.2) is 54.6 Å². The number of hydrogen-bond acceptors (Lipinski definition) is 3. The molecule has 0 bridgehead atoms. The summed E-state index contributed by atoms with van der Waals surface area (Å²) in [6.07, 6.45) is 2.27. The van der Waals surface area contributed by atoms with Gasteiger partial charge in [-0.1, -0.05) is 42.5 Å². The first-order chi connectivity index (χ1) is 9.28. The molecule has 0 heterocycles. The summed E-state index contributed by atoms with van der Waals surface area (Å²) in [4.78, 5) is 10.4. The quantitative estimate of drug-likeness (QED) is 0.860. The third-order valence-electron chi connectivity index (χ3n) is 2.78. The lowest BCUT2D eigenvalue weighted by Gasteiger charge is -2.08. The number of rotatable bonds is 6. The summed E-state index contributed by atoms with van der Waals surface area (Å²) in [7, 11) is 0. The third kappa shape index (κ3) is 4.23. The molecule has 1 radical (unpaired) electrons. The van der Waals surface area contributed by atoms with Gasteiger partial charge in [-0.05, 0) is 29.7 Å². The smallest absolute Gasteiger partial charge is 0.217 e. The summed E-state index contributed by atoms with van der Waals surface area (Å²) >= 11 is 0.